The molecule has 1 unspecified atom stereocenters. The van der Waals surface area contributed by atoms with Gasteiger partial charge in [-0.15, -0.1) is 0 Å². The molecule has 0 fully saturated rings. The van der Waals surface area contributed by atoms with Gasteiger partial charge in [-0.2, -0.15) is 0 Å². The fourth-order valence-electron chi connectivity index (χ4n) is 1.87. The number of ether oxygens (including phenoxy) is 1. The number of hydrogen-bond acceptors (Lipinski definition) is 3. The summed E-state index contributed by atoms with van der Waals surface area (Å²) in [5, 5.41) is 9.95. The van der Waals surface area contributed by atoms with Gasteiger partial charge in [0, 0.05) is 24.2 Å². The van der Waals surface area contributed by atoms with Gasteiger partial charge in [0.1, 0.15) is 11.5 Å². The molecule has 0 aliphatic rings. The Morgan fingerprint density at radius 2 is 1.94 bits per heavy atom. The van der Waals surface area contributed by atoms with Crippen LogP contribution in [0, 0.1) is 5.41 Å². The lowest BCUT2D eigenvalue weighted by Gasteiger charge is -2.35. The number of rotatable bonds is 4. The van der Waals surface area contributed by atoms with E-state index >= 15 is 0 Å². The molecule has 0 bridgehead atoms. The lowest BCUT2D eigenvalue weighted by molar-refractivity contribution is 0.133. The first-order chi connectivity index (χ1) is 8.25. The van der Waals surface area contributed by atoms with Crippen molar-refractivity contribution in [1.29, 1.82) is 0 Å². The molecule has 0 saturated heterocycles. The molecule has 0 spiro atoms. The molecule has 1 aromatic carbocycles. The summed E-state index contributed by atoms with van der Waals surface area (Å²) in [6.45, 7) is 9.61. The number of methoxy groups -OCH3 is 1. The summed E-state index contributed by atoms with van der Waals surface area (Å²) in [4.78, 5) is 2.25. The Labute approximate surface area is 110 Å². The molecule has 0 aliphatic heterocycles. The van der Waals surface area contributed by atoms with E-state index in [-0.39, 0.29) is 5.41 Å². The van der Waals surface area contributed by atoms with Gasteiger partial charge in [-0.3, -0.25) is 4.90 Å². The topological polar surface area (TPSA) is 32.7 Å². The second kappa shape index (κ2) is 5.61. The van der Waals surface area contributed by atoms with Gasteiger partial charge < -0.3 is 9.84 Å². The third-order valence-corrected chi connectivity index (χ3v) is 3.63. The van der Waals surface area contributed by atoms with Gasteiger partial charge in [-0.05, 0) is 25.5 Å². The van der Waals surface area contributed by atoms with Crippen molar-refractivity contribution < 1.29 is 9.84 Å². The van der Waals surface area contributed by atoms with E-state index in [2.05, 4.69) is 39.6 Å². The van der Waals surface area contributed by atoms with E-state index in [0.29, 0.717) is 17.5 Å². The Hall–Kier alpha value is -1.22. The van der Waals surface area contributed by atoms with Crippen molar-refractivity contribution in [3.63, 3.8) is 0 Å². The van der Waals surface area contributed by atoms with Crippen LogP contribution in [0.3, 0.4) is 0 Å². The first kappa shape index (κ1) is 14.8. The monoisotopic (exact) mass is 251 g/mol. The highest BCUT2D eigenvalue weighted by Crippen LogP contribution is 2.28. The summed E-state index contributed by atoms with van der Waals surface area (Å²) < 4.78 is 5.08. The first-order valence-corrected chi connectivity index (χ1v) is 6.32. The molecule has 1 rings (SSSR count). The molecule has 1 N–H and O–H groups in total. The van der Waals surface area contributed by atoms with Crippen LogP contribution in [0.2, 0.25) is 0 Å². The van der Waals surface area contributed by atoms with Crippen LogP contribution >= 0.6 is 0 Å². The smallest absolute Gasteiger partial charge is 0.123 e. The Morgan fingerprint density at radius 1 is 1.33 bits per heavy atom. The van der Waals surface area contributed by atoms with Crippen LogP contribution in [0.4, 0.5) is 0 Å². The van der Waals surface area contributed by atoms with E-state index in [1.165, 1.54) is 0 Å². The third-order valence-electron chi connectivity index (χ3n) is 3.63. The van der Waals surface area contributed by atoms with Crippen LogP contribution < -0.4 is 4.74 Å². The molecule has 1 aromatic rings. The maximum Gasteiger partial charge on any atom is 0.123 e. The molecule has 0 saturated carbocycles. The molecule has 3 heteroatoms. The lowest BCUT2D eigenvalue weighted by atomic mass is 9.87. The quantitative estimate of drug-likeness (QED) is 0.891. The molecule has 0 heterocycles. The van der Waals surface area contributed by atoms with Crippen LogP contribution in [0.25, 0.3) is 0 Å². The second-order valence-corrected chi connectivity index (χ2v) is 5.95. The van der Waals surface area contributed by atoms with Crippen molar-refractivity contribution >= 4 is 0 Å². The normalized spacial score (nSPS) is 13.7. The molecule has 18 heavy (non-hydrogen) atoms. The van der Waals surface area contributed by atoms with Gasteiger partial charge in [0.15, 0.2) is 0 Å². The van der Waals surface area contributed by atoms with E-state index in [1.807, 2.05) is 12.1 Å². The summed E-state index contributed by atoms with van der Waals surface area (Å²) in [5.74, 6) is 0.977. The zero-order chi connectivity index (χ0) is 13.9. The van der Waals surface area contributed by atoms with Crippen LogP contribution in [0.15, 0.2) is 18.2 Å². The van der Waals surface area contributed by atoms with Crippen molar-refractivity contribution in [3.8, 4) is 11.5 Å². The van der Waals surface area contributed by atoms with Crippen molar-refractivity contribution in [3.05, 3.63) is 23.8 Å². The summed E-state index contributed by atoms with van der Waals surface area (Å²) in [5.41, 5.74) is 1.14. The van der Waals surface area contributed by atoms with E-state index < -0.39 is 0 Å². The van der Waals surface area contributed by atoms with E-state index in [1.54, 1.807) is 13.2 Å². The molecule has 0 amide bonds. The summed E-state index contributed by atoms with van der Waals surface area (Å²) in [6.07, 6.45) is 0. The first-order valence-electron chi connectivity index (χ1n) is 6.32. The van der Waals surface area contributed by atoms with Gasteiger partial charge in [0.2, 0.25) is 0 Å². The SMILES string of the molecule is COc1ccc(CN(C)C(C)C(C)(C)C)c(O)c1. The summed E-state index contributed by atoms with van der Waals surface area (Å²) in [6, 6.07) is 5.88. The highest BCUT2D eigenvalue weighted by atomic mass is 16.5. The van der Waals surface area contributed by atoms with Crippen LogP contribution in [-0.2, 0) is 6.54 Å². The largest absolute Gasteiger partial charge is 0.507 e. The number of phenols is 1. The van der Waals surface area contributed by atoms with Crippen molar-refractivity contribution in [2.24, 2.45) is 5.41 Å². The van der Waals surface area contributed by atoms with E-state index in [4.69, 9.17) is 4.74 Å². The minimum Gasteiger partial charge on any atom is -0.507 e. The minimum absolute atomic E-state index is 0.219. The predicted molar refractivity (Wildman–Crippen MR) is 75.0 cm³/mol. The van der Waals surface area contributed by atoms with Crippen molar-refractivity contribution in [2.45, 2.75) is 40.3 Å². The van der Waals surface area contributed by atoms with Crippen LogP contribution in [0.1, 0.15) is 33.3 Å². The van der Waals surface area contributed by atoms with Crippen LogP contribution in [0.5, 0.6) is 11.5 Å². The molecular weight excluding hydrogens is 226 g/mol. The minimum atomic E-state index is 0.219. The molecule has 3 nitrogen and oxygen atoms in total. The Balaban J connectivity index is 2.79. The van der Waals surface area contributed by atoms with Crippen LogP contribution in [-0.4, -0.2) is 30.2 Å². The Bertz CT molecular complexity index is 396. The predicted octanol–water partition coefficient (Wildman–Crippen LogP) is 3.27. The summed E-state index contributed by atoms with van der Waals surface area (Å²) >= 11 is 0. The zero-order valence-corrected chi connectivity index (χ0v) is 12.3. The maximum absolute atomic E-state index is 9.95. The average molecular weight is 251 g/mol. The maximum atomic E-state index is 9.95. The second-order valence-electron chi connectivity index (χ2n) is 5.95. The van der Waals surface area contributed by atoms with Gasteiger partial charge >= 0.3 is 0 Å². The van der Waals surface area contributed by atoms with Gasteiger partial charge in [-0.1, -0.05) is 26.8 Å². The molecule has 0 aromatic heterocycles. The molecule has 102 valence electrons. The third kappa shape index (κ3) is 3.64. The highest BCUT2D eigenvalue weighted by molar-refractivity contribution is 5.39. The Kier molecular flexibility index (Phi) is 4.63. The molecule has 1 atom stereocenters. The number of phenolic OH excluding ortho intramolecular Hbond substituents is 1. The fraction of sp³-hybridized carbons (Fsp3) is 0.600. The van der Waals surface area contributed by atoms with Crippen molar-refractivity contribution in [2.75, 3.05) is 14.2 Å². The van der Waals surface area contributed by atoms with E-state index in [0.717, 1.165) is 12.1 Å². The molecule has 0 radical (unpaired) electrons. The fourth-order valence-corrected chi connectivity index (χ4v) is 1.87. The van der Waals surface area contributed by atoms with E-state index in [9.17, 15) is 5.11 Å². The van der Waals surface area contributed by atoms with Gasteiger partial charge in [-0.25, -0.2) is 0 Å². The number of aromatic hydroxyl groups is 1. The molecule has 0 aliphatic carbocycles. The lowest BCUT2D eigenvalue weighted by Crippen LogP contribution is -2.38. The highest BCUT2D eigenvalue weighted by Gasteiger charge is 2.24. The number of nitrogens with zero attached hydrogens (tertiary/aromatic N) is 1. The van der Waals surface area contributed by atoms with Crippen molar-refractivity contribution in [1.82, 2.24) is 4.90 Å². The standard InChI is InChI=1S/C15H25NO2/c1-11(15(2,3)4)16(5)10-12-7-8-13(18-6)9-14(12)17/h7-9,11,17H,10H2,1-6H3. The molecular formula is C15H25NO2. The number of hydrogen-bond donors (Lipinski definition) is 1. The zero-order valence-electron chi connectivity index (χ0n) is 12.3. The number of benzene rings is 1. The van der Waals surface area contributed by atoms with Gasteiger partial charge in [0.25, 0.3) is 0 Å². The summed E-state index contributed by atoms with van der Waals surface area (Å²) in [7, 11) is 3.68. The average Bonchev–Trinajstić information content (AvgIpc) is 2.29. The Morgan fingerprint density at radius 3 is 2.39 bits per heavy atom. The van der Waals surface area contributed by atoms with Gasteiger partial charge in [0.05, 0.1) is 7.11 Å².